The third-order valence-corrected chi connectivity index (χ3v) is 4.02. The number of aliphatic carboxylic acids is 1. The highest BCUT2D eigenvalue weighted by atomic mass is 16.4. The number of anilines is 2. The normalized spacial score (nSPS) is 15.7. The average Bonchev–Trinajstić information content (AvgIpc) is 3.23. The van der Waals surface area contributed by atoms with Gasteiger partial charge in [0.2, 0.25) is 11.8 Å². The van der Waals surface area contributed by atoms with Crippen LogP contribution in [0.5, 0.6) is 0 Å². The van der Waals surface area contributed by atoms with Gasteiger partial charge < -0.3 is 15.7 Å². The van der Waals surface area contributed by atoms with Gasteiger partial charge in [-0.25, -0.2) is 0 Å². The minimum atomic E-state index is -1.29. The van der Waals surface area contributed by atoms with Gasteiger partial charge in [-0.1, -0.05) is 26.8 Å². The second kappa shape index (κ2) is 5.68. The molecule has 6 nitrogen and oxygen atoms in total. The maximum atomic E-state index is 12.1. The predicted molar refractivity (Wildman–Crippen MR) is 87.2 cm³/mol. The highest BCUT2D eigenvalue weighted by Crippen LogP contribution is 2.46. The molecule has 0 bridgehead atoms. The molecule has 0 aliphatic heterocycles. The van der Waals surface area contributed by atoms with Crippen LogP contribution >= 0.6 is 0 Å². The van der Waals surface area contributed by atoms with Crippen LogP contribution in [0.4, 0.5) is 11.4 Å². The van der Waals surface area contributed by atoms with Crippen molar-refractivity contribution >= 4 is 29.2 Å². The van der Waals surface area contributed by atoms with E-state index in [0.29, 0.717) is 24.2 Å². The van der Waals surface area contributed by atoms with Crippen LogP contribution in [0, 0.1) is 17.8 Å². The lowest BCUT2D eigenvalue weighted by molar-refractivity contribution is -0.147. The first-order valence-electron chi connectivity index (χ1n) is 7.53. The molecule has 0 radical (unpaired) electrons. The number of carboxylic acids is 1. The third-order valence-electron chi connectivity index (χ3n) is 4.02. The van der Waals surface area contributed by atoms with Crippen molar-refractivity contribution in [3.8, 4) is 0 Å². The summed E-state index contributed by atoms with van der Waals surface area (Å²) in [4.78, 5) is 35.4. The molecule has 23 heavy (non-hydrogen) atoms. The Hall–Kier alpha value is -2.37. The number of nitrogens with one attached hydrogen (secondary N) is 2. The number of carbonyl (C=O) groups excluding carboxylic acids is 2. The highest BCUT2D eigenvalue weighted by molar-refractivity contribution is 6.11. The zero-order valence-electron chi connectivity index (χ0n) is 13.8. The van der Waals surface area contributed by atoms with Gasteiger partial charge in [0.25, 0.3) is 0 Å². The molecule has 0 heterocycles. The first-order valence-corrected chi connectivity index (χ1v) is 7.53. The predicted octanol–water partition coefficient (Wildman–Crippen LogP) is 2.78. The SMILES string of the molecule is Cc1ccc(NC(=O)C2(C(=O)O)CC2)cc1NC(=O)C(C)(C)C. The van der Waals surface area contributed by atoms with Gasteiger partial charge in [0, 0.05) is 16.8 Å². The quantitative estimate of drug-likeness (QED) is 0.744. The van der Waals surface area contributed by atoms with Crippen molar-refractivity contribution in [2.45, 2.75) is 40.5 Å². The first kappa shape index (κ1) is 17.0. The summed E-state index contributed by atoms with van der Waals surface area (Å²) in [5.41, 5.74) is 0.104. The molecule has 3 N–H and O–H groups in total. The van der Waals surface area contributed by atoms with Crippen LogP contribution in [-0.4, -0.2) is 22.9 Å². The van der Waals surface area contributed by atoms with E-state index in [9.17, 15) is 14.4 Å². The Kier molecular flexibility index (Phi) is 4.20. The van der Waals surface area contributed by atoms with Crippen LogP contribution in [-0.2, 0) is 14.4 Å². The van der Waals surface area contributed by atoms with Crippen molar-refractivity contribution in [1.29, 1.82) is 0 Å². The van der Waals surface area contributed by atoms with E-state index in [4.69, 9.17) is 5.11 Å². The van der Waals surface area contributed by atoms with E-state index in [2.05, 4.69) is 10.6 Å². The zero-order valence-corrected chi connectivity index (χ0v) is 13.8. The van der Waals surface area contributed by atoms with Crippen molar-refractivity contribution in [3.63, 3.8) is 0 Å². The lowest BCUT2D eigenvalue weighted by Crippen LogP contribution is -2.31. The fraction of sp³-hybridized carbons (Fsp3) is 0.471. The topological polar surface area (TPSA) is 95.5 Å². The number of carboxylic acid groups (broad SMARTS) is 1. The molecule has 0 unspecified atom stereocenters. The van der Waals surface area contributed by atoms with E-state index in [0.717, 1.165) is 5.56 Å². The third kappa shape index (κ3) is 3.52. The summed E-state index contributed by atoms with van der Waals surface area (Å²) in [5.74, 6) is -1.74. The Morgan fingerprint density at radius 2 is 1.74 bits per heavy atom. The summed E-state index contributed by atoms with van der Waals surface area (Å²) < 4.78 is 0. The number of rotatable bonds is 4. The van der Waals surface area contributed by atoms with E-state index >= 15 is 0 Å². The fourth-order valence-corrected chi connectivity index (χ4v) is 2.06. The Bertz CT molecular complexity index is 670. The molecule has 1 aliphatic carbocycles. The van der Waals surface area contributed by atoms with E-state index < -0.39 is 22.7 Å². The van der Waals surface area contributed by atoms with Gasteiger partial charge in [-0.05, 0) is 37.5 Å². The number of aryl methyl sites for hydroxylation is 1. The maximum Gasteiger partial charge on any atom is 0.319 e. The molecular weight excluding hydrogens is 296 g/mol. The van der Waals surface area contributed by atoms with Gasteiger partial charge in [0.15, 0.2) is 0 Å². The van der Waals surface area contributed by atoms with Gasteiger partial charge in [0.05, 0.1) is 0 Å². The monoisotopic (exact) mass is 318 g/mol. The number of hydrogen-bond donors (Lipinski definition) is 3. The maximum absolute atomic E-state index is 12.1. The summed E-state index contributed by atoms with van der Waals surface area (Å²) in [5, 5.41) is 14.6. The fourth-order valence-electron chi connectivity index (χ4n) is 2.06. The van der Waals surface area contributed by atoms with Crippen LogP contribution in [0.25, 0.3) is 0 Å². The number of amides is 2. The number of benzene rings is 1. The van der Waals surface area contributed by atoms with Gasteiger partial charge in [-0.2, -0.15) is 0 Å². The average molecular weight is 318 g/mol. The van der Waals surface area contributed by atoms with Crippen molar-refractivity contribution < 1.29 is 19.5 Å². The molecule has 2 amide bonds. The van der Waals surface area contributed by atoms with Crippen molar-refractivity contribution in [2.24, 2.45) is 10.8 Å². The second-order valence-electron chi connectivity index (χ2n) is 7.08. The summed E-state index contributed by atoms with van der Waals surface area (Å²) in [6.45, 7) is 7.29. The van der Waals surface area contributed by atoms with Gasteiger partial charge >= 0.3 is 5.97 Å². The molecule has 0 saturated heterocycles. The summed E-state index contributed by atoms with van der Waals surface area (Å²) in [6, 6.07) is 5.11. The zero-order chi connectivity index (χ0) is 17.4. The Labute approximate surface area is 135 Å². The molecule has 124 valence electrons. The van der Waals surface area contributed by atoms with Crippen LogP contribution in [0.2, 0.25) is 0 Å². The molecule has 1 fully saturated rings. The molecule has 1 aliphatic rings. The van der Waals surface area contributed by atoms with Crippen LogP contribution in [0.1, 0.15) is 39.2 Å². The van der Waals surface area contributed by atoms with E-state index in [1.165, 1.54) is 0 Å². The van der Waals surface area contributed by atoms with Gasteiger partial charge in [-0.3, -0.25) is 14.4 Å². The molecule has 0 atom stereocenters. The molecule has 0 aromatic heterocycles. The Balaban J connectivity index is 2.16. The molecule has 2 rings (SSSR count). The largest absolute Gasteiger partial charge is 0.480 e. The van der Waals surface area contributed by atoms with E-state index in [1.807, 2.05) is 27.7 Å². The summed E-state index contributed by atoms with van der Waals surface area (Å²) in [7, 11) is 0. The lowest BCUT2D eigenvalue weighted by atomic mass is 9.95. The van der Waals surface area contributed by atoms with Gasteiger partial charge in [-0.15, -0.1) is 0 Å². The van der Waals surface area contributed by atoms with E-state index in [1.54, 1.807) is 18.2 Å². The van der Waals surface area contributed by atoms with Gasteiger partial charge in [0.1, 0.15) is 5.41 Å². The van der Waals surface area contributed by atoms with E-state index in [-0.39, 0.29) is 5.91 Å². The van der Waals surface area contributed by atoms with Crippen LogP contribution < -0.4 is 10.6 Å². The summed E-state index contributed by atoms with van der Waals surface area (Å²) >= 11 is 0. The molecule has 6 heteroatoms. The Morgan fingerprint density at radius 1 is 1.13 bits per heavy atom. The molecular formula is C17H22N2O4. The van der Waals surface area contributed by atoms with Crippen molar-refractivity contribution in [3.05, 3.63) is 23.8 Å². The second-order valence-corrected chi connectivity index (χ2v) is 7.08. The molecule has 0 spiro atoms. The minimum absolute atomic E-state index is 0.131. The smallest absolute Gasteiger partial charge is 0.319 e. The van der Waals surface area contributed by atoms with Crippen LogP contribution in [0.3, 0.4) is 0 Å². The van der Waals surface area contributed by atoms with Crippen molar-refractivity contribution in [2.75, 3.05) is 10.6 Å². The Morgan fingerprint density at radius 3 is 2.22 bits per heavy atom. The van der Waals surface area contributed by atoms with Crippen LogP contribution in [0.15, 0.2) is 18.2 Å². The number of carbonyl (C=O) groups is 3. The molecule has 1 saturated carbocycles. The minimum Gasteiger partial charge on any atom is -0.480 e. The first-order chi connectivity index (χ1) is 10.6. The molecule has 1 aromatic carbocycles. The lowest BCUT2D eigenvalue weighted by Gasteiger charge is -2.19. The summed E-state index contributed by atoms with van der Waals surface area (Å²) in [6.07, 6.45) is 0.710. The standard InChI is InChI=1S/C17H22N2O4/c1-10-5-6-11(9-12(10)19-13(20)16(2,3)4)18-14(21)17(7-8-17)15(22)23/h5-6,9H,7-8H2,1-4H3,(H,18,21)(H,19,20)(H,22,23). The molecule has 1 aromatic rings. The highest BCUT2D eigenvalue weighted by Gasteiger charge is 2.57. The van der Waals surface area contributed by atoms with Crippen molar-refractivity contribution in [1.82, 2.24) is 0 Å². The number of hydrogen-bond acceptors (Lipinski definition) is 3.